The zero-order valence-electron chi connectivity index (χ0n) is 9.53. The molecule has 1 aromatic rings. The summed E-state index contributed by atoms with van der Waals surface area (Å²) in [5, 5.41) is 4.63. The monoisotopic (exact) mass is 259 g/mol. The van der Waals surface area contributed by atoms with E-state index in [1.165, 1.54) is 11.5 Å². The first kappa shape index (κ1) is 12.0. The van der Waals surface area contributed by atoms with Crippen molar-refractivity contribution in [3.63, 3.8) is 0 Å². The fourth-order valence-corrected chi connectivity index (χ4v) is 3.50. The minimum atomic E-state index is 0.342. The van der Waals surface area contributed by atoms with Crippen molar-refractivity contribution < 1.29 is 4.74 Å². The van der Waals surface area contributed by atoms with E-state index >= 15 is 0 Å². The summed E-state index contributed by atoms with van der Waals surface area (Å²) in [5.74, 6) is 0.639. The molecule has 2 rings (SSSR count). The number of nitrogens with zero attached hydrogens (tertiary/aromatic N) is 1. The molecule has 1 aliphatic heterocycles. The molecule has 1 aliphatic rings. The summed E-state index contributed by atoms with van der Waals surface area (Å²) >= 11 is 3.10. The Bertz CT molecular complexity index is 356. The van der Waals surface area contributed by atoms with Crippen LogP contribution in [0.4, 0.5) is 10.8 Å². The van der Waals surface area contributed by atoms with Gasteiger partial charge >= 0.3 is 0 Å². The Morgan fingerprint density at radius 3 is 3.12 bits per heavy atom. The second-order valence-electron chi connectivity index (χ2n) is 3.98. The smallest absolute Gasteiger partial charge is 0.153 e. The Balaban J connectivity index is 2.02. The molecule has 0 aliphatic carbocycles. The highest BCUT2D eigenvalue weighted by Crippen LogP contribution is 2.35. The zero-order chi connectivity index (χ0) is 11.5. The molecule has 2 heterocycles. The Morgan fingerprint density at radius 2 is 2.44 bits per heavy atom. The molecule has 0 spiro atoms. The van der Waals surface area contributed by atoms with Gasteiger partial charge in [-0.25, -0.2) is 0 Å². The van der Waals surface area contributed by atoms with Crippen LogP contribution in [0.3, 0.4) is 0 Å². The van der Waals surface area contributed by atoms with Crippen LogP contribution in [-0.2, 0) is 4.74 Å². The van der Waals surface area contributed by atoms with Crippen molar-refractivity contribution in [2.45, 2.75) is 36.8 Å². The molecule has 1 fully saturated rings. The van der Waals surface area contributed by atoms with Crippen molar-refractivity contribution in [3.05, 3.63) is 0 Å². The lowest BCUT2D eigenvalue weighted by atomic mass is 10.0. The summed E-state index contributed by atoms with van der Waals surface area (Å²) in [6, 6.07) is 0.481. The van der Waals surface area contributed by atoms with E-state index in [1.54, 1.807) is 11.8 Å². The van der Waals surface area contributed by atoms with Gasteiger partial charge in [0.15, 0.2) is 5.82 Å². The van der Waals surface area contributed by atoms with Crippen molar-refractivity contribution in [1.82, 2.24) is 4.37 Å². The quantitative estimate of drug-likeness (QED) is 0.816. The standard InChI is InChI=1S/C10H17N3OS2/c1-6-5-7(3-4-14-6)12-10-8(15-2)9(11)13-16-10/h6-7,12H,3-5H2,1-2H3,(H2,11,13). The highest BCUT2D eigenvalue weighted by molar-refractivity contribution is 7.99. The number of nitrogens with one attached hydrogen (secondary N) is 1. The van der Waals surface area contributed by atoms with E-state index in [1.807, 2.05) is 6.26 Å². The third-order valence-corrected chi connectivity index (χ3v) is 4.44. The number of thioether (sulfide) groups is 1. The summed E-state index contributed by atoms with van der Waals surface area (Å²) in [4.78, 5) is 1.07. The van der Waals surface area contributed by atoms with Crippen molar-refractivity contribution in [1.29, 1.82) is 0 Å². The second-order valence-corrected chi connectivity index (χ2v) is 5.57. The molecule has 0 radical (unpaired) electrons. The highest BCUT2D eigenvalue weighted by Gasteiger charge is 2.21. The number of hydrogen-bond acceptors (Lipinski definition) is 6. The van der Waals surface area contributed by atoms with Gasteiger partial charge in [0, 0.05) is 12.6 Å². The number of rotatable bonds is 3. The fourth-order valence-electron chi connectivity index (χ4n) is 1.90. The van der Waals surface area contributed by atoms with E-state index in [9.17, 15) is 0 Å². The van der Waals surface area contributed by atoms with Gasteiger partial charge in [-0.1, -0.05) is 0 Å². The number of anilines is 2. The Morgan fingerprint density at radius 1 is 1.62 bits per heavy atom. The topological polar surface area (TPSA) is 60.2 Å². The van der Waals surface area contributed by atoms with Gasteiger partial charge < -0.3 is 15.8 Å². The van der Waals surface area contributed by atoms with Gasteiger partial charge in [-0.3, -0.25) is 0 Å². The first-order valence-corrected chi connectivity index (χ1v) is 7.37. The summed E-state index contributed by atoms with van der Waals surface area (Å²) in [5.41, 5.74) is 5.80. The molecule has 6 heteroatoms. The highest BCUT2D eigenvalue weighted by atomic mass is 32.2. The molecule has 0 aromatic carbocycles. The molecule has 0 bridgehead atoms. The lowest BCUT2D eigenvalue weighted by molar-refractivity contribution is 0.0232. The Labute approximate surface area is 104 Å². The van der Waals surface area contributed by atoms with Gasteiger partial charge in [0.05, 0.1) is 11.0 Å². The minimum absolute atomic E-state index is 0.342. The molecule has 0 amide bonds. The zero-order valence-corrected chi connectivity index (χ0v) is 11.2. The van der Waals surface area contributed by atoms with Crippen molar-refractivity contribution in [2.24, 2.45) is 0 Å². The van der Waals surface area contributed by atoms with E-state index in [0.29, 0.717) is 18.0 Å². The first-order chi connectivity index (χ1) is 7.70. The van der Waals surface area contributed by atoms with Gasteiger partial charge in [0.25, 0.3) is 0 Å². The van der Waals surface area contributed by atoms with Gasteiger partial charge in [0.2, 0.25) is 0 Å². The van der Waals surface area contributed by atoms with E-state index in [-0.39, 0.29) is 0 Å². The van der Waals surface area contributed by atoms with Crippen LogP contribution in [0.2, 0.25) is 0 Å². The van der Waals surface area contributed by atoms with Crippen LogP contribution in [0.25, 0.3) is 0 Å². The van der Waals surface area contributed by atoms with Gasteiger partial charge in [-0.2, -0.15) is 4.37 Å². The largest absolute Gasteiger partial charge is 0.382 e. The van der Waals surface area contributed by atoms with Crippen molar-refractivity contribution in [2.75, 3.05) is 23.9 Å². The number of nitrogen functional groups attached to an aromatic ring is 1. The van der Waals surface area contributed by atoms with Gasteiger partial charge in [-0.05, 0) is 37.6 Å². The first-order valence-electron chi connectivity index (χ1n) is 5.38. The van der Waals surface area contributed by atoms with Crippen LogP contribution in [0.1, 0.15) is 19.8 Å². The maximum Gasteiger partial charge on any atom is 0.153 e. The maximum absolute atomic E-state index is 5.80. The second kappa shape index (κ2) is 5.25. The van der Waals surface area contributed by atoms with Crippen molar-refractivity contribution >= 4 is 34.1 Å². The fraction of sp³-hybridized carbons (Fsp3) is 0.700. The average Bonchev–Trinajstić information content (AvgIpc) is 2.59. The number of hydrogen-bond donors (Lipinski definition) is 2. The lowest BCUT2D eigenvalue weighted by Crippen LogP contribution is -2.32. The molecule has 2 unspecified atom stereocenters. The Hall–Kier alpha value is -0.460. The molecular weight excluding hydrogens is 242 g/mol. The molecule has 1 aromatic heterocycles. The molecule has 90 valence electrons. The Kier molecular flexibility index (Phi) is 3.94. The molecule has 0 saturated carbocycles. The third-order valence-electron chi connectivity index (χ3n) is 2.70. The number of aromatic nitrogens is 1. The lowest BCUT2D eigenvalue weighted by Gasteiger charge is -2.28. The summed E-state index contributed by atoms with van der Waals surface area (Å²) < 4.78 is 9.70. The van der Waals surface area contributed by atoms with E-state index in [0.717, 1.165) is 29.3 Å². The number of ether oxygens (including phenoxy) is 1. The van der Waals surface area contributed by atoms with Crippen LogP contribution in [0, 0.1) is 0 Å². The van der Waals surface area contributed by atoms with Crippen LogP contribution >= 0.6 is 23.3 Å². The third kappa shape index (κ3) is 2.61. The normalized spacial score (nSPS) is 25.6. The summed E-state index contributed by atoms with van der Waals surface area (Å²) in [6.45, 7) is 2.95. The van der Waals surface area contributed by atoms with E-state index < -0.39 is 0 Å². The van der Waals surface area contributed by atoms with Crippen LogP contribution in [-0.4, -0.2) is 29.4 Å². The molecule has 1 saturated heterocycles. The summed E-state index contributed by atoms with van der Waals surface area (Å²) in [6.07, 6.45) is 4.47. The predicted molar refractivity (Wildman–Crippen MR) is 70.4 cm³/mol. The van der Waals surface area contributed by atoms with Crippen LogP contribution in [0.5, 0.6) is 0 Å². The summed E-state index contributed by atoms with van der Waals surface area (Å²) in [7, 11) is 0. The van der Waals surface area contributed by atoms with Crippen LogP contribution in [0.15, 0.2) is 4.90 Å². The molecule has 3 N–H and O–H groups in total. The van der Waals surface area contributed by atoms with E-state index in [4.69, 9.17) is 10.5 Å². The van der Waals surface area contributed by atoms with Gasteiger partial charge in [0.1, 0.15) is 5.00 Å². The van der Waals surface area contributed by atoms with Crippen LogP contribution < -0.4 is 11.1 Å². The molecule has 4 nitrogen and oxygen atoms in total. The predicted octanol–water partition coefficient (Wildman–Crippen LogP) is 2.43. The minimum Gasteiger partial charge on any atom is -0.382 e. The molecule has 16 heavy (non-hydrogen) atoms. The van der Waals surface area contributed by atoms with Crippen molar-refractivity contribution in [3.8, 4) is 0 Å². The van der Waals surface area contributed by atoms with Gasteiger partial charge in [-0.15, -0.1) is 11.8 Å². The molecular formula is C10H17N3OS2. The maximum atomic E-state index is 5.80. The SMILES string of the molecule is CSc1c(N)nsc1NC1CCOC(C)C1. The van der Waals surface area contributed by atoms with E-state index in [2.05, 4.69) is 16.6 Å². The number of nitrogens with two attached hydrogens (primary N) is 1. The average molecular weight is 259 g/mol. The molecule has 2 atom stereocenters.